The van der Waals surface area contributed by atoms with Crippen molar-refractivity contribution in [1.82, 2.24) is 9.71 Å². The van der Waals surface area contributed by atoms with E-state index in [0.717, 1.165) is 17.8 Å². The van der Waals surface area contributed by atoms with E-state index in [1.165, 1.54) is 12.3 Å². The molecule has 0 amide bonds. The van der Waals surface area contributed by atoms with Gasteiger partial charge >= 0.3 is 0 Å². The molecule has 96 valence electrons. The fourth-order valence-electron chi connectivity index (χ4n) is 1.18. The lowest BCUT2D eigenvalue weighted by Crippen LogP contribution is -2.30. The van der Waals surface area contributed by atoms with E-state index in [1.54, 1.807) is 0 Å². The highest BCUT2D eigenvalue weighted by atomic mass is 79.9. The zero-order valence-corrected chi connectivity index (χ0v) is 11.8. The largest absolute Gasteiger partial charge is 0.261 e. The Balaban J connectivity index is 2.73. The second kappa shape index (κ2) is 6.42. The fourth-order valence-corrected chi connectivity index (χ4v) is 3.12. The summed E-state index contributed by atoms with van der Waals surface area (Å²) in [6.45, 7) is 2.18. The third-order valence-corrected chi connectivity index (χ3v) is 4.02. The molecule has 17 heavy (non-hydrogen) atoms. The van der Waals surface area contributed by atoms with Crippen molar-refractivity contribution in [2.45, 2.75) is 18.4 Å². The van der Waals surface area contributed by atoms with Crippen LogP contribution >= 0.6 is 15.9 Å². The molecule has 0 aromatic carbocycles. The molecule has 1 unspecified atom stereocenters. The van der Waals surface area contributed by atoms with E-state index < -0.39 is 20.9 Å². The van der Waals surface area contributed by atoms with Gasteiger partial charge in [-0.15, -0.1) is 0 Å². The zero-order chi connectivity index (χ0) is 12.9. The molecule has 0 bridgehead atoms. The predicted octanol–water partition coefficient (Wildman–Crippen LogP) is 1.92. The third kappa shape index (κ3) is 4.33. The lowest BCUT2D eigenvalue weighted by atomic mass is 10.1. The minimum atomic E-state index is -3.86. The van der Waals surface area contributed by atoms with Crippen LogP contribution in [0.5, 0.6) is 0 Å². The molecular formula is C10H14BrFN2O2S. The van der Waals surface area contributed by atoms with Gasteiger partial charge in [-0.2, -0.15) is 0 Å². The van der Waals surface area contributed by atoms with Gasteiger partial charge in [0.1, 0.15) is 0 Å². The molecule has 1 heterocycles. The van der Waals surface area contributed by atoms with Crippen LogP contribution in [-0.4, -0.2) is 25.3 Å². The van der Waals surface area contributed by atoms with Gasteiger partial charge in [0.25, 0.3) is 10.0 Å². The summed E-state index contributed by atoms with van der Waals surface area (Å²) in [5, 5.41) is 0.249. The van der Waals surface area contributed by atoms with Crippen LogP contribution in [0.3, 0.4) is 0 Å². The van der Waals surface area contributed by atoms with Gasteiger partial charge in [-0.1, -0.05) is 22.9 Å². The molecule has 0 saturated heterocycles. The van der Waals surface area contributed by atoms with Crippen LogP contribution in [-0.2, 0) is 10.0 Å². The van der Waals surface area contributed by atoms with Crippen LogP contribution in [0.4, 0.5) is 4.39 Å². The van der Waals surface area contributed by atoms with Gasteiger partial charge in [0, 0.05) is 18.1 Å². The van der Waals surface area contributed by atoms with E-state index in [-0.39, 0.29) is 12.5 Å². The van der Waals surface area contributed by atoms with E-state index in [9.17, 15) is 12.8 Å². The number of pyridine rings is 1. The molecule has 0 aliphatic heterocycles. The quantitative estimate of drug-likeness (QED) is 0.813. The van der Waals surface area contributed by atoms with Gasteiger partial charge in [-0.05, 0) is 24.5 Å². The summed E-state index contributed by atoms with van der Waals surface area (Å²) in [5.41, 5.74) is 0. The Hall–Kier alpha value is -0.530. The minimum absolute atomic E-state index is 0.177. The van der Waals surface area contributed by atoms with Crippen molar-refractivity contribution >= 4 is 26.0 Å². The molecule has 0 aliphatic rings. The highest BCUT2D eigenvalue weighted by Gasteiger charge is 2.20. The first-order valence-corrected chi connectivity index (χ1v) is 7.74. The average Bonchev–Trinajstić information content (AvgIpc) is 2.27. The Bertz CT molecular complexity index is 467. The molecule has 7 heteroatoms. The standard InChI is InChI=1S/C10H14BrFN2O2S/c1-8(4-5-11)7-14-17(15,16)10-9(12)3-2-6-13-10/h2-3,6,8,14H,4-5,7H2,1H3. The zero-order valence-electron chi connectivity index (χ0n) is 9.36. The molecule has 0 saturated carbocycles. The summed E-state index contributed by atoms with van der Waals surface area (Å²) in [7, 11) is -3.86. The van der Waals surface area contributed by atoms with Gasteiger partial charge in [0.05, 0.1) is 0 Å². The Kier molecular flexibility index (Phi) is 5.48. The van der Waals surface area contributed by atoms with Crippen molar-refractivity contribution in [1.29, 1.82) is 0 Å². The number of aromatic nitrogens is 1. The molecule has 0 radical (unpaired) electrons. The molecule has 1 N–H and O–H groups in total. The maximum Gasteiger partial charge on any atom is 0.261 e. The molecule has 0 spiro atoms. The Morgan fingerprint density at radius 3 is 2.88 bits per heavy atom. The normalized spacial score (nSPS) is 13.6. The second-order valence-corrected chi connectivity index (χ2v) is 6.20. The van der Waals surface area contributed by atoms with Crippen LogP contribution in [0.2, 0.25) is 0 Å². The Labute approximate surface area is 109 Å². The van der Waals surface area contributed by atoms with E-state index in [1.807, 2.05) is 6.92 Å². The summed E-state index contributed by atoms with van der Waals surface area (Å²) in [6.07, 6.45) is 2.09. The molecule has 1 rings (SSSR count). The summed E-state index contributed by atoms with van der Waals surface area (Å²) in [6, 6.07) is 2.42. The van der Waals surface area contributed by atoms with E-state index in [2.05, 4.69) is 25.6 Å². The molecule has 1 aromatic heterocycles. The van der Waals surface area contributed by atoms with E-state index in [4.69, 9.17) is 0 Å². The maximum absolute atomic E-state index is 13.3. The summed E-state index contributed by atoms with van der Waals surface area (Å²) in [5.74, 6) is -0.663. The second-order valence-electron chi connectivity index (χ2n) is 3.73. The van der Waals surface area contributed by atoms with Gasteiger partial charge in [0.2, 0.25) is 5.03 Å². The molecular weight excluding hydrogens is 311 g/mol. The minimum Gasteiger partial charge on any atom is -0.241 e. The molecule has 4 nitrogen and oxygen atoms in total. The van der Waals surface area contributed by atoms with Crippen molar-refractivity contribution in [3.8, 4) is 0 Å². The summed E-state index contributed by atoms with van der Waals surface area (Å²) < 4.78 is 39.1. The molecule has 0 fully saturated rings. The number of nitrogens with one attached hydrogen (secondary N) is 1. The predicted molar refractivity (Wildman–Crippen MR) is 67.0 cm³/mol. The fraction of sp³-hybridized carbons (Fsp3) is 0.500. The first-order valence-electron chi connectivity index (χ1n) is 5.13. The smallest absolute Gasteiger partial charge is 0.241 e. The lowest BCUT2D eigenvalue weighted by Gasteiger charge is -2.11. The topological polar surface area (TPSA) is 59.1 Å². The highest BCUT2D eigenvalue weighted by molar-refractivity contribution is 9.09. The summed E-state index contributed by atoms with van der Waals surface area (Å²) >= 11 is 3.28. The number of halogens is 2. The van der Waals surface area contributed by atoms with Crippen LogP contribution in [0.25, 0.3) is 0 Å². The summed E-state index contributed by atoms with van der Waals surface area (Å²) in [4.78, 5) is 3.54. The van der Waals surface area contributed by atoms with E-state index in [0.29, 0.717) is 0 Å². The van der Waals surface area contributed by atoms with Crippen molar-refractivity contribution in [3.05, 3.63) is 24.1 Å². The number of nitrogens with zero attached hydrogens (tertiary/aromatic N) is 1. The first kappa shape index (κ1) is 14.5. The van der Waals surface area contributed by atoms with Crippen LogP contribution < -0.4 is 4.72 Å². The number of alkyl halides is 1. The lowest BCUT2D eigenvalue weighted by molar-refractivity contribution is 0.518. The van der Waals surface area contributed by atoms with Crippen molar-refractivity contribution in [2.75, 3.05) is 11.9 Å². The number of rotatable bonds is 6. The highest BCUT2D eigenvalue weighted by Crippen LogP contribution is 2.11. The van der Waals surface area contributed by atoms with Gasteiger partial charge in [0.15, 0.2) is 5.82 Å². The molecule has 0 aliphatic carbocycles. The van der Waals surface area contributed by atoms with Gasteiger partial charge in [-0.3, -0.25) is 0 Å². The first-order chi connectivity index (χ1) is 7.97. The van der Waals surface area contributed by atoms with Gasteiger partial charge < -0.3 is 0 Å². The van der Waals surface area contributed by atoms with Crippen LogP contribution in [0.1, 0.15) is 13.3 Å². The monoisotopic (exact) mass is 324 g/mol. The maximum atomic E-state index is 13.3. The van der Waals surface area contributed by atoms with Crippen LogP contribution in [0.15, 0.2) is 23.4 Å². The van der Waals surface area contributed by atoms with Crippen molar-refractivity contribution in [2.24, 2.45) is 5.92 Å². The van der Waals surface area contributed by atoms with Crippen LogP contribution in [0, 0.1) is 11.7 Å². The van der Waals surface area contributed by atoms with Gasteiger partial charge in [-0.25, -0.2) is 22.5 Å². The van der Waals surface area contributed by atoms with Crippen molar-refractivity contribution in [3.63, 3.8) is 0 Å². The Morgan fingerprint density at radius 2 is 2.29 bits per heavy atom. The molecule has 1 atom stereocenters. The Morgan fingerprint density at radius 1 is 1.59 bits per heavy atom. The van der Waals surface area contributed by atoms with E-state index >= 15 is 0 Å². The average molecular weight is 325 g/mol. The van der Waals surface area contributed by atoms with Crippen molar-refractivity contribution < 1.29 is 12.8 Å². The number of sulfonamides is 1. The SMILES string of the molecule is CC(CCBr)CNS(=O)(=O)c1ncccc1F. The number of hydrogen-bond acceptors (Lipinski definition) is 3. The third-order valence-electron chi connectivity index (χ3n) is 2.20. The number of hydrogen-bond donors (Lipinski definition) is 1. The molecule has 1 aromatic rings.